The number of hydrogen-bond donors (Lipinski definition) is 2. The van der Waals surface area contributed by atoms with Crippen molar-refractivity contribution in [1.82, 2.24) is 20.2 Å². The van der Waals surface area contributed by atoms with Crippen LogP contribution in [0.15, 0.2) is 91.8 Å². The molecule has 0 spiro atoms. The summed E-state index contributed by atoms with van der Waals surface area (Å²) < 4.78 is 13.7. The van der Waals surface area contributed by atoms with E-state index in [0.29, 0.717) is 0 Å². The normalized spacial score (nSPS) is 12.7. The topological polar surface area (TPSA) is 57.4 Å². The molecular formula is C34H31FN4S. The molecule has 0 radical (unpaired) electrons. The van der Waals surface area contributed by atoms with E-state index < -0.39 is 0 Å². The Hall–Kier alpha value is -4.55. The first kappa shape index (κ1) is 27.0. The van der Waals surface area contributed by atoms with Gasteiger partial charge in [0.05, 0.1) is 11.0 Å². The predicted octanol–water partition coefficient (Wildman–Crippen LogP) is 7.01. The van der Waals surface area contributed by atoms with Gasteiger partial charge in [-0.1, -0.05) is 61.7 Å². The van der Waals surface area contributed by atoms with Gasteiger partial charge in [0.1, 0.15) is 5.69 Å². The number of H-pyrrole nitrogens is 2. The summed E-state index contributed by atoms with van der Waals surface area (Å²) >= 11 is 1.11. The fourth-order valence-electron chi connectivity index (χ4n) is 4.66. The van der Waals surface area contributed by atoms with Crippen molar-refractivity contribution in [2.24, 2.45) is 0 Å². The number of benzene rings is 1. The lowest BCUT2D eigenvalue weighted by Gasteiger charge is -2.05. The van der Waals surface area contributed by atoms with E-state index in [4.69, 9.17) is 0 Å². The lowest BCUT2D eigenvalue weighted by atomic mass is 10.0. The molecule has 0 unspecified atom stereocenters. The quantitative estimate of drug-likeness (QED) is 0.196. The summed E-state index contributed by atoms with van der Waals surface area (Å²) in [6, 6.07) is 18.0. The van der Waals surface area contributed by atoms with E-state index >= 15 is 0 Å². The molecule has 0 amide bonds. The first-order chi connectivity index (χ1) is 19.4. The van der Waals surface area contributed by atoms with Crippen LogP contribution in [0, 0.1) is 12.1 Å². The van der Waals surface area contributed by atoms with Crippen molar-refractivity contribution in [3.05, 3.63) is 140 Å². The van der Waals surface area contributed by atoms with E-state index in [9.17, 15) is 4.39 Å². The van der Waals surface area contributed by atoms with Crippen LogP contribution in [-0.2, 0) is 12.8 Å². The van der Waals surface area contributed by atoms with Crippen molar-refractivity contribution < 1.29 is 4.39 Å². The Balaban J connectivity index is 1.38. The van der Waals surface area contributed by atoms with Gasteiger partial charge in [0.25, 0.3) is 0 Å². The number of nitrogens with one attached hydrogen (secondary N) is 2. The smallest absolute Gasteiger partial charge is 0.176 e. The highest BCUT2D eigenvalue weighted by atomic mass is 32.1. The first-order valence-corrected chi connectivity index (χ1v) is 13.9. The van der Waals surface area contributed by atoms with Gasteiger partial charge in [0.15, 0.2) is 5.13 Å². The molecule has 5 rings (SSSR count). The van der Waals surface area contributed by atoms with E-state index in [0.717, 1.165) is 79.0 Å². The number of thiophene rings is 1. The van der Waals surface area contributed by atoms with Gasteiger partial charge in [-0.2, -0.15) is 9.49 Å². The summed E-state index contributed by atoms with van der Waals surface area (Å²) in [5.74, 6) is 0. The SMILES string of the molecule is C=C/C=C(/c1ccc(F)s1)c1cc(-c2n[nH]/c(=C/C=C(\C)c3cncc(CCc4ccccc4)c3)c2=C)[nH]c1C. The zero-order chi connectivity index (χ0) is 28.1. The molecule has 0 aliphatic rings. The number of aryl methyl sites for hydroxylation is 3. The average Bonchev–Trinajstić information content (AvgIpc) is 3.68. The molecule has 0 fully saturated rings. The summed E-state index contributed by atoms with van der Waals surface area (Å²) in [6.45, 7) is 12.2. The minimum atomic E-state index is -0.219. The van der Waals surface area contributed by atoms with Crippen LogP contribution in [0.1, 0.15) is 39.7 Å². The van der Waals surface area contributed by atoms with Gasteiger partial charge in [0, 0.05) is 39.3 Å². The zero-order valence-corrected chi connectivity index (χ0v) is 23.5. The largest absolute Gasteiger partial charge is 0.357 e. The van der Waals surface area contributed by atoms with Crippen LogP contribution in [0.2, 0.25) is 0 Å². The van der Waals surface area contributed by atoms with Crippen LogP contribution in [0.5, 0.6) is 0 Å². The summed E-state index contributed by atoms with van der Waals surface area (Å²) in [4.78, 5) is 8.74. The molecule has 40 heavy (non-hydrogen) atoms. The Morgan fingerprint density at radius 1 is 1.02 bits per heavy atom. The maximum Gasteiger partial charge on any atom is 0.176 e. The Labute approximate surface area is 237 Å². The number of allylic oxidation sites excluding steroid dienone is 4. The number of halogens is 1. The molecule has 4 heterocycles. The fraction of sp³-hybridized carbons (Fsp3) is 0.118. The van der Waals surface area contributed by atoms with Gasteiger partial charge in [-0.05, 0) is 79.3 Å². The summed E-state index contributed by atoms with van der Waals surface area (Å²) in [5, 5.41) is 9.08. The number of rotatable bonds is 9. The van der Waals surface area contributed by atoms with Gasteiger partial charge in [-0.25, -0.2) is 0 Å². The minimum Gasteiger partial charge on any atom is -0.357 e. The molecule has 0 saturated heterocycles. The van der Waals surface area contributed by atoms with Crippen LogP contribution in [-0.4, -0.2) is 20.2 Å². The van der Waals surface area contributed by atoms with Gasteiger partial charge in [0.2, 0.25) is 0 Å². The van der Waals surface area contributed by atoms with Crippen molar-refractivity contribution in [2.45, 2.75) is 26.7 Å². The molecule has 4 aromatic heterocycles. The molecule has 2 N–H and O–H groups in total. The van der Waals surface area contributed by atoms with Crippen LogP contribution < -0.4 is 10.6 Å². The lowest BCUT2D eigenvalue weighted by Crippen LogP contribution is -2.21. The summed E-state index contributed by atoms with van der Waals surface area (Å²) in [5.41, 5.74) is 9.15. The number of pyridine rings is 1. The van der Waals surface area contributed by atoms with Crippen molar-refractivity contribution in [3.8, 4) is 11.4 Å². The Bertz CT molecular complexity index is 1820. The Morgan fingerprint density at radius 3 is 2.58 bits per heavy atom. The molecule has 0 aliphatic heterocycles. The molecule has 6 heteroatoms. The second-order valence-electron chi connectivity index (χ2n) is 9.69. The molecule has 0 aliphatic carbocycles. The van der Waals surface area contributed by atoms with Crippen molar-refractivity contribution >= 4 is 35.1 Å². The molecule has 0 saturated carbocycles. The van der Waals surface area contributed by atoms with Crippen LogP contribution in [0.4, 0.5) is 4.39 Å². The highest BCUT2D eigenvalue weighted by molar-refractivity contribution is 7.11. The summed E-state index contributed by atoms with van der Waals surface area (Å²) in [6.07, 6.45) is 13.4. The maximum absolute atomic E-state index is 13.7. The van der Waals surface area contributed by atoms with Gasteiger partial charge in [-0.15, -0.1) is 11.3 Å². The first-order valence-electron chi connectivity index (χ1n) is 13.1. The van der Waals surface area contributed by atoms with Crippen molar-refractivity contribution in [2.75, 3.05) is 0 Å². The van der Waals surface area contributed by atoms with E-state index in [1.54, 1.807) is 12.1 Å². The molecule has 5 aromatic rings. The second-order valence-corrected chi connectivity index (χ2v) is 10.7. The van der Waals surface area contributed by atoms with Crippen LogP contribution in [0.25, 0.3) is 35.2 Å². The van der Waals surface area contributed by atoms with Gasteiger partial charge < -0.3 is 4.98 Å². The predicted molar refractivity (Wildman–Crippen MR) is 166 cm³/mol. The summed E-state index contributed by atoms with van der Waals surface area (Å²) in [7, 11) is 0. The van der Waals surface area contributed by atoms with Crippen molar-refractivity contribution in [1.29, 1.82) is 0 Å². The molecule has 1 aromatic carbocycles. The molecular weight excluding hydrogens is 515 g/mol. The van der Waals surface area contributed by atoms with Gasteiger partial charge in [-0.3, -0.25) is 10.1 Å². The average molecular weight is 547 g/mol. The van der Waals surface area contributed by atoms with E-state index in [-0.39, 0.29) is 5.13 Å². The standard InChI is InChI=1S/C34H31FN4S/c1-5-9-28(32-16-17-33(35)40-32)29-19-31(37-24(29)4)34-23(3)30(38-39-34)15-12-22(2)27-18-26(20-36-21-27)14-13-25-10-7-6-8-11-25/h5-12,15-21,37-38H,1,3,13-14H2,2,4H3/b22-12+,28-9+,30-15+. The zero-order valence-electron chi connectivity index (χ0n) is 22.7. The van der Waals surface area contributed by atoms with Gasteiger partial charge >= 0.3 is 0 Å². The third kappa shape index (κ3) is 6.03. The fourth-order valence-corrected chi connectivity index (χ4v) is 5.43. The maximum atomic E-state index is 13.7. The number of nitrogens with zero attached hydrogens (tertiary/aromatic N) is 2. The Morgan fingerprint density at radius 2 is 1.82 bits per heavy atom. The third-order valence-corrected chi connectivity index (χ3v) is 7.78. The van der Waals surface area contributed by atoms with E-state index in [2.05, 4.69) is 76.7 Å². The molecule has 0 atom stereocenters. The lowest BCUT2D eigenvalue weighted by molar-refractivity contribution is 0.657. The molecule has 0 bridgehead atoms. The number of aromatic nitrogens is 4. The van der Waals surface area contributed by atoms with E-state index in [1.165, 1.54) is 17.2 Å². The Kier molecular flexibility index (Phi) is 8.18. The highest BCUT2D eigenvalue weighted by Gasteiger charge is 2.16. The third-order valence-electron chi connectivity index (χ3n) is 6.88. The second kappa shape index (κ2) is 12.1. The highest BCUT2D eigenvalue weighted by Crippen LogP contribution is 2.33. The monoisotopic (exact) mass is 546 g/mol. The minimum absolute atomic E-state index is 0.219. The van der Waals surface area contributed by atoms with Crippen molar-refractivity contribution in [3.63, 3.8) is 0 Å². The number of hydrogen-bond acceptors (Lipinski definition) is 3. The number of aromatic amines is 2. The van der Waals surface area contributed by atoms with E-state index in [1.807, 2.05) is 43.6 Å². The molecule has 200 valence electrons. The molecule has 4 nitrogen and oxygen atoms in total. The van der Waals surface area contributed by atoms with Crippen LogP contribution in [0.3, 0.4) is 0 Å². The van der Waals surface area contributed by atoms with Crippen LogP contribution >= 0.6 is 11.3 Å².